The molecule has 1 aromatic carbocycles. The maximum absolute atomic E-state index is 11.6. The first-order valence-electron chi connectivity index (χ1n) is 5.81. The van der Waals surface area contributed by atoms with Gasteiger partial charge in [-0.1, -0.05) is 18.2 Å². The van der Waals surface area contributed by atoms with Crippen LogP contribution in [0.2, 0.25) is 0 Å². The van der Waals surface area contributed by atoms with Crippen molar-refractivity contribution in [3.8, 4) is 0 Å². The third kappa shape index (κ3) is 3.67. The average Bonchev–Trinajstić information content (AvgIpc) is 2.89. The van der Waals surface area contributed by atoms with Crippen LogP contribution in [0.15, 0.2) is 42.2 Å². The molecule has 1 heterocycles. The maximum atomic E-state index is 11.6. The van der Waals surface area contributed by atoms with Crippen molar-refractivity contribution in [2.45, 2.75) is 0 Å². The Morgan fingerprint density at radius 3 is 2.74 bits per heavy atom. The molecule has 0 atom stereocenters. The topological polar surface area (TPSA) is 84.3 Å². The molecular formula is C13H13N3O3. The first kappa shape index (κ1) is 12.8. The van der Waals surface area contributed by atoms with Crippen molar-refractivity contribution in [2.75, 3.05) is 13.1 Å². The molecule has 1 aliphatic rings. The van der Waals surface area contributed by atoms with Crippen LogP contribution in [0.25, 0.3) is 6.08 Å². The summed E-state index contributed by atoms with van der Waals surface area (Å²) in [6.45, 7) is 1.60. The van der Waals surface area contributed by atoms with Crippen molar-refractivity contribution in [2.24, 2.45) is 0 Å². The predicted molar refractivity (Wildman–Crippen MR) is 71.2 cm³/mol. The van der Waals surface area contributed by atoms with Crippen molar-refractivity contribution >= 4 is 17.5 Å². The van der Waals surface area contributed by atoms with Gasteiger partial charge in [0.15, 0.2) is 5.78 Å². The van der Waals surface area contributed by atoms with Gasteiger partial charge in [0.1, 0.15) is 5.82 Å². The van der Waals surface area contributed by atoms with Gasteiger partial charge in [-0.15, -0.1) is 0 Å². The minimum Gasteiger partial charge on any atom is -0.370 e. The number of hydrogen-bond acceptors (Lipinski definition) is 5. The van der Waals surface area contributed by atoms with Gasteiger partial charge in [-0.25, -0.2) is 0 Å². The number of benzene rings is 1. The fourth-order valence-electron chi connectivity index (χ4n) is 1.67. The number of carbonyl (C=O) groups excluding carboxylic acids is 1. The minimum atomic E-state index is -0.465. The Morgan fingerprint density at radius 2 is 2.05 bits per heavy atom. The van der Waals surface area contributed by atoms with E-state index in [-0.39, 0.29) is 11.5 Å². The number of carbonyl (C=O) groups is 1. The van der Waals surface area contributed by atoms with E-state index < -0.39 is 4.92 Å². The summed E-state index contributed by atoms with van der Waals surface area (Å²) in [5, 5.41) is 16.6. The van der Waals surface area contributed by atoms with Crippen LogP contribution in [0.1, 0.15) is 5.56 Å². The molecule has 0 bridgehead atoms. The van der Waals surface area contributed by atoms with Gasteiger partial charge in [-0.3, -0.25) is 14.9 Å². The third-order valence-corrected chi connectivity index (χ3v) is 2.56. The Kier molecular flexibility index (Phi) is 3.92. The molecule has 2 rings (SSSR count). The molecule has 0 amide bonds. The van der Waals surface area contributed by atoms with Crippen LogP contribution in [0.3, 0.4) is 0 Å². The molecule has 1 aromatic rings. The molecule has 1 saturated heterocycles. The highest BCUT2D eigenvalue weighted by Crippen LogP contribution is 2.14. The van der Waals surface area contributed by atoms with Gasteiger partial charge in [0.25, 0.3) is 5.69 Å². The van der Waals surface area contributed by atoms with E-state index in [1.807, 2.05) is 0 Å². The van der Waals surface area contributed by atoms with Gasteiger partial charge in [0, 0.05) is 31.3 Å². The Bertz CT molecular complexity index is 556. The van der Waals surface area contributed by atoms with Gasteiger partial charge in [-0.2, -0.15) is 0 Å². The van der Waals surface area contributed by atoms with Gasteiger partial charge < -0.3 is 10.6 Å². The summed E-state index contributed by atoms with van der Waals surface area (Å²) in [5.74, 6) is 0.525. The van der Waals surface area contributed by atoms with Gasteiger partial charge in [-0.05, 0) is 11.6 Å². The maximum Gasteiger partial charge on any atom is 0.270 e. The highest BCUT2D eigenvalue weighted by Gasteiger charge is 2.05. The molecule has 1 aliphatic heterocycles. The lowest BCUT2D eigenvalue weighted by molar-refractivity contribution is -0.384. The molecule has 98 valence electrons. The number of allylic oxidation sites excluding steroid dienone is 2. The Balaban J connectivity index is 2.05. The summed E-state index contributed by atoms with van der Waals surface area (Å²) < 4.78 is 0. The molecule has 1 fully saturated rings. The zero-order valence-electron chi connectivity index (χ0n) is 10.1. The quantitative estimate of drug-likeness (QED) is 0.482. The highest BCUT2D eigenvalue weighted by atomic mass is 16.6. The summed E-state index contributed by atoms with van der Waals surface area (Å²) in [5.41, 5.74) is 0.625. The summed E-state index contributed by atoms with van der Waals surface area (Å²) in [4.78, 5) is 21.8. The molecule has 0 saturated carbocycles. The molecule has 0 spiro atoms. The number of nitrogens with one attached hydrogen (secondary N) is 2. The number of ketones is 1. The van der Waals surface area contributed by atoms with Crippen LogP contribution in [0, 0.1) is 10.1 Å². The first-order valence-corrected chi connectivity index (χ1v) is 5.81. The van der Waals surface area contributed by atoms with Crippen LogP contribution in [-0.4, -0.2) is 23.8 Å². The Labute approximate surface area is 110 Å². The molecule has 2 N–H and O–H groups in total. The fraction of sp³-hybridized carbons (Fsp3) is 0.154. The zero-order chi connectivity index (χ0) is 13.7. The van der Waals surface area contributed by atoms with Crippen molar-refractivity contribution in [3.05, 3.63) is 57.9 Å². The highest BCUT2D eigenvalue weighted by molar-refractivity contribution is 6.02. The molecule has 6 heteroatoms. The Hall–Kier alpha value is -2.63. The summed E-state index contributed by atoms with van der Waals surface area (Å²) in [6, 6.07) is 6.12. The van der Waals surface area contributed by atoms with Crippen LogP contribution < -0.4 is 10.6 Å². The van der Waals surface area contributed by atoms with Gasteiger partial charge >= 0.3 is 0 Å². The third-order valence-electron chi connectivity index (χ3n) is 2.56. The van der Waals surface area contributed by atoms with E-state index in [4.69, 9.17) is 0 Å². The van der Waals surface area contributed by atoms with E-state index in [9.17, 15) is 14.9 Å². The van der Waals surface area contributed by atoms with Crippen molar-refractivity contribution < 1.29 is 9.72 Å². The van der Waals surface area contributed by atoms with Crippen LogP contribution in [-0.2, 0) is 4.79 Å². The van der Waals surface area contributed by atoms with Gasteiger partial charge in [0.2, 0.25) is 0 Å². The smallest absolute Gasteiger partial charge is 0.270 e. The molecule has 6 nitrogen and oxygen atoms in total. The predicted octanol–water partition coefficient (Wildman–Crippen LogP) is 1.21. The number of nitro groups is 1. The SMILES string of the molecule is O=C(C=C1NCCN1)/C=C/c1cccc([N+](=O)[O-])c1. The summed E-state index contributed by atoms with van der Waals surface area (Å²) >= 11 is 0. The lowest BCUT2D eigenvalue weighted by Gasteiger charge is -1.96. The lowest BCUT2D eigenvalue weighted by atomic mass is 10.1. The number of rotatable bonds is 4. The van der Waals surface area contributed by atoms with E-state index in [0.29, 0.717) is 11.4 Å². The molecule has 0 radical (unpaired) electrons. The second-order valence-electron chi connectivity index (χ2n) is 4.00. The lowest BCUT2D eigenvalue weighted by Crippen LogP contribution is -2.11. The first-order chi connectivity index (χ1) is 9.15. The second kappa shape index (κ2) is 5.81. The standard InChI is InChI=1S/C13H13N3O3/c17-12(9-13-14-6-7-15-13)5-4-10-2-1-3-11(8-10)16(18)19/h1-5,8-9,14-15H,6-7H2/b5-4+. The number of non-ortho nitro benzene ring substituents is 1. The normalized spacial score (nSPS) is 14.0. The summed E-state index contributed by atoms with van der Waals surface area (Å²) in [6.07, 6.45) is 4.40. The molecule has 0 aliphatic carbocycles. The monoisotopic (exact) mass is 259 g/mol. The Morgan fingerprint density at radius 1 is 1.32 bits per heavy atom. The number of nitro benzene ring substituents is 1. The van der Waals surface area contributed by atoms with Crippen molar-refractivity contribution in [1.82, 2.24) is 10.6 Å². The molecule has 0 aromatic heterocycles. The van der Waals surface area contributed by atoms with E-state index in [0.717, 1.165) is 13.1 Å². The largest absolute Gasteiger partial charge is 0.370 e. The van der Waals surface area contributed by atoms with Crippen molar-refractivity contribution in [3.63, 3.8) is 0 Å². The summed E-state index contributed by atoms with van der Waals surface area (Å²) in [7, 11) is 0. The van der Waals surface area contributed by atoms with E-state index >= 15 is 0 Å². The molecular weight excluding hydrogens is 246 g/mol. The van der Waals surface area contributed by atoms with Crippen LogP contribution in [0.5, 0.6) is 0 Å². The van der Waals surface area contributed by atoms with E-state index in [1.165, 1.54) is 24.3 Å². The zero-order valence-corrected chi connectivity index (χ0v) is 10.1. The van der Waals surface area contributed by atoms with E-state index in [2.05, 4.69) is 10.6 Å². The minimum absolute atomic E-state index is 0.00656. The van der Waals surface area contributed by atoms with Gasteiger partial charge in [0.05, 0.1) is 4.92 Å². The van der Waals surface area contributed by atoms with Crippen molar-refractivity contribution in [1.29, 1.82) is 0 Å². The van der Waals surface area contributed by atoms with Crippen LogP contribution in [0.4, 0.5) is 5.69 Å². The van der Waals surface area contributed by atoms with Crippen LogP contribution >= 0.6 is 0 Å². The number of hydrogen-bond donors (Lipinski definition) is 2. The molecule has 0 unspecified atom stereocenters. The second-order valence-corrected chi connectivity index (χ2v) is 4.00. The molecule has 19 heavy (non-hydrogen) atoms. The number of nitrogens with zero attached hydrogens (tertiary/aromatic N) is 1. The van der Waals surface area contributed by atoms with E-state index in [1.54, 1.807) is 18.2 Å². The average molecular weight is 259 g/mol. The fourth-order valence-corrected chi connectivity index (χ4v) is 1.67.